The van der Waals surface area contributed by atoms with Crippen molar-refractivity contribution in [1.29, 1.82) is 0 Å². The molecule has 0 radical (unpaired) electrons. The van der Waals surface area contributed by atoms with Gasteiger partial charge in [-0.1, -0.05) is 47.7 Å². The van der Waals surface area contributed by atoms with Gasteiger partial charge in [-0.05, 0) is 54.7 Å². The van der Waals surface area contributed by atoms with Crippen molar-refractivity contribution in [2.75, 3.05) is 13.1 Å². The molecular weight excluding hydrogens is 547 g/mol. The summed E-state index contributed by atoms with van der Waals surface area (Å²) in [5.41, 5.74) is 3.66. The number of halogens is 3. The molecule has 7 rings (SSSR count). The van der Waals surface area contributed by atoms with Crippen molar-refractivity contribution in [3.05, 3.63) is 89.2 Å². The molecule has 2 N–H and O–H groups in total. The molecule has 2 amide bonds. The van der Waals surface area contributed by atoms with Crippen LogP contribution in [0.4, 0.5) is 13.2 Å². The van der Waals surface area contributed by atoms with E-state index >= 15 is 0 Å². The van der Waals surface area contributed by atoms with Crippen molar-refractivity contribution in [1.82, 2.24) is 35.2 Å². The predicted molar refractivity (Wildman–Crippen MR) is 147 cm³/mol. The maximum Gasteiger partial charge on any atom is 0.449 e. The number of rotatable bonds is 4. The zero-order valence-electron chi connectivity index (χ0n) is 22.4. The molecule has 0 saturated carbocycles. The quantitative estimate of drug-likeness (QED) is 0.322. The van der Waals surface area contributed by atoms with E-state index in [4.69, 9.17) is 0 Å². The van der Waals surface area contributed by atoms with E-state index in [0.717, 1.165) is 35.0 Å². The van der Waals surface area contributed by atoms with E-state index in [-0.39, 0.29) is 40.5 Å². The Morgan fingerprint density at radius 2 is 1.76 bits per heavy atom. The minimum absolute atomic E-state index is 0.0182. The molecule has 3 aromatic carbocycles. The van der Waals surface area contributed by atoms with Gasteiger partial charge < -0.3 is 15.2 Å². The molecule has 9 nitrogen and oxygen atoms in total. The molecule has 12 heteroatoms. The minimum atomic E-state index is -4.65. The van der Waals surface area contributed by atoms with Gasteiger partial charge in [0.2, 0.25) is 11.7 Å². The van der Waals surface area contributed by atoms with Crippen LogP contribution >= 0.6 is 0 Å². The lowest BCUT2D eigenvalue weighted by Crippen LogP contribution is -2.45. The van der Waals surface area contributed by atoms with Gasteiger partial charge in [-0.15, -0.1) is 5.10 Å². The number of imidazole rings is 1. The standard InChI is InChI=1S/C30H26F3N7O2/c31-30(32,33)28-35-22-10-5-7-19(26(22)36-28)27(42)34-23-16-29(20-8-2-1-6-18(20)23)12-14-39(15-13-29)25(41)17-40-24-11-4-3-9-21(24)37-38-40/h1-11,23H,12-17H2,(H,34,42)(H,35,36). The van der Waals surface area contributed by atoms with Gasteiger partial charge in [-0.25, -0.2) is 9.67 Å². The molecular formula is C30H26F3N7O2. The molecule has 1 aliphatic heterocycles. The van der Waals surface area contributed by atoms with Crippen LogP contribution in [0.3, 0.4) is 0 Å². The second kappa shape index (κ2) is 9.68. The molecule has 214 valence electrons. The zero-order valence-corrected chi connectivity index (χ0v) is 22.4. The number of alkyl halides is 3. The number of carbonyl (C=O) groups is 2. The lowest BCUT2D eigenvalue weighted by molar-refractivity contribution is -0.144. The maximum atomic E-state index is 13.4. The predicted octanol–water partition coefficient (Wildman–Crippen LogP) is 4.76. The Morgan fingerprint density at radius 1 is 1.00 bits per heavy atom. The van der Waals surface area contributed by atoms with E-state index in [1.165, 1.54) is 18.2 Å². The number of para-hydroxylation sites is 2. The molecule has 2 aromatic heterocycles. The number of nitrogens with zero attached hydrogens (tertiary/aromatic N) is 5. The number of carbonyl (C=O) groups excluding carboxylic acids is 2. The number of fused-ring (bicyclic) bond motifs is 4. The first kappa shape index (κ1) is 26.2. The third kappa shape index (κ3) is 4.38. The summed E-state index contributed by atoms with van der Waals surface area (Å²) in [6.45, 7) is 1.23. The summed E-state index contributed by atoms with van der Waals surface area (Å²) < 4.78 is 41.4. The molecule has 2 aliphatic rings. The highest BCUT2D eigenvalue weighted by Gasteiger charge is 2.46. The normalized spacial score (nSPS) is 18.1. The molecule has 0 bridgehead atoms. The Hall–Kier alpha value is -4.74. The van der Waals surface area contributed by atoms with Gasteiger partial charge in [0, 0.05) is 18.5 Å². The molecule has 5 aromatic rings. The van der Waals surface area contributed by atoms with Crippen LogP contribution in [0.5, 0.6) is 0 Å². The highest BCUT2D eigenvalue weighted by molar-refractivity contribution is 6.05. The van der Waals surface area contributed by atoms with Gasteiger partial charge in [0.15, 0.2) is 0 Å². The van der Waals surface area contributed by atoms with Gasteiger partial charge in [0.05, 0.1) is 22.6 Å². The van der Waals surface area contributed by atoms with Crippen molar-refractivity contribution in [3.8, 4) is 0 Å². The fourth-order valence-corrected chi connectivity index (χ4v) is 6.53. The number of amides is 2. The molecule has 1 fully saturated rings. The van der Waals surface area contributed by atoms with E-state index in [1.54, 1.807) is 4.68 Å². The SMILES string of the molecule is O=C(NC1CC2(CCN(C(=O)Cn3nnc4ccccc43)CC2)c2ccccc21)c1cccc2[nH]c(C(F)(F)F)nc12. The first-order valence-electron chi connectivity index (χ1n) is 13.7. The molecule has 1 spiro atoms. The summed E-state index contributed by atoms with van der Waals surface area (Å²) in [5, 5.41) is 11.3. The van der Waals surface area contributed by atoms with Crippen molar-refractivity contribution >= 4 is 33.9 Å². The topological polar surface area (TPSA) is 109 Å². The fraction of sp³-hybridized carbons (Fsp3) is 0.300. The second-order valence-corrected chi connectivity index (χ2v) is 11.0. The van der Waals surface area contributed by atoms with E-state index in [2.05, 4.69) is 31.7 Å². The lowest BCUT2D eigenvalue weighted by Gasteiger charge is -2.40. The number of aromatic nitrogens is 5. The van der Waals surface area contributed by atoms with Crippen molar-refractivity contribution in [3.63, 3.8) is 0 Å². The van der Waals surface area contributed by atoms with E-state index in [0.29, 0.717) is 19.5 Å². The van der Waals surface area contributed by atoms with Crippen LogP contribution in [-0.4, -0.2) is 54.8 Å². The summed E-state index contributed by atoms with van der Waals surface area (Å²) in [7, 11) is 0. The average Bonchev–Trinajstić information content (AvgIpc) is 3.69. The van der Waals surface area contributed by atoms with Gasteiger partial charge in [-0.2, -0.15) is 13.2 Å². The van der Waals surface area contributed by atoms with Crippen molar-refractivity contribution in [2.24, 2.45) is 0 Å². The van der Waals surface area contributed by atoms with Crippen LogP contribution in [0, 0.1) is 0 Å². The third-order valence-corrected chi connectivity index (χ3v) is 8.61. The largest absolute Gasteiger partial charge is 0.449 e. The average molecular weight is 574 g/mol. The number of nitrogens with one attached hydrogen (secondary N) is 2. The molecule has 1 unspecified atom stereocenters. The highest BCUT2D eigenvalue weighted by atomic mass is 19.4. The van der Waals surface area contributed by atoms with Gasteiger partial charge in [0.1, 0.15) is 17.6 Å². The van der Waals surface area contributed by atoms with E-state index < -0.39 is 17.9 Å². The number of benzene rings is 3. The minimum Gasteiger partial charge on any atom is -0.345 e. The smallest absolute Gasteiger partial charge is 0.345 e. The molecule has 1 aliphatic carbocycles. The van der Waals surface area contributed by atoms with Gasteiger partial charge in [-0.3, -0.25) is 9.59 Å². The molecule has 1 atom stereocenters. The van der Waals surface area contributed by atoms with E-state index in [1.807, 2.05) is 47.4 Å². The Morgan fingerprint density at radius 3 is 2.57 bits per heavy atom. The molecule has 42 heavy (non-hydrogen) atoms. The fourth-order valence-electron chi connectivity index (χ4n) is 6.53. The second-order valence-electron chi connectivity index (χ2n) is 11.0. The first-order chi connectivity index (χ1) is 20.2. The Labute approximate surface area is 237 Å². The summed E-state index contributed by atoms with van der Waals surface area (Å²) in [6, 6.07) is 19.6. The first-order valence-corrected chi connectivity index (χ1v) is 13.7. The van der Waals surface area contributed by atoms with Crippen LogP contribution in [-0.2, 0) is 22.9 Å². The van der Waals surface area contributed by atoms with Crippen molar-refractivity contribution < 1.29 is 22.8 Å². The zero-order chi connectivity index (χ0) is 29.1. The molecule has 3 heterocycles. The number of hydrogen-bond donors (Lipinski definition) is 2. The third-order valence-electron chi connectivity index (χ3n) is 8.61. The number of aromatic amines is 1. The summed E-state index contributed by atoms with van der Waals surface area (Å²) >= 11 is 0. The number of hydrogen-bond acceptors (Lipinski definition) is 5. The van der Waals surface area contributed by atoms with Crippen LogP contribution in [0.15, 0.2) is 66.7 Å². The van der Waals surface area contributed by atoms with Crippen LogP contribution in [0.25, 0.3) is 22.1 Å². The number of H-pyrrole nitrogens is 1. The molecule has 1 saturated heterocycles. The maximum absolute atomic E-state index is 13.4. The van der Waals surface area contributed by atoms with Crippen molar-refractivity contribution in [2.45, 2.75) is 43.4 Å². The number of likely N-dealkylation sites (tertiary alicyclic amines) is 1. The lowest BCUT2D eigenvalue weighted by atomic mass is 9.73. The van der Waals surface area contributed by atoms with E-state index in [9.17, 15) is 22.8 Å². The monoisotopic (exact) mass is 573 g/mol. The Kier molecular flexibility index (Phi) is 6.03. The van der Waals surface area contributed by atoms with Gasteiger partial charge >= 0.3 is 6.18 Å². The Bertz CT molecular complexity index is 1840. The van der Waals surface area contributed by atoms with Crippen LogP contribution < -0.4 is 5.32 Å². The van der Waals surface area contributed by atoms with Crippen LogP contribution in [0.1, 0.15) is 52.6 Å². The summed E-state index contributed by atoms with van der Waals surface area (Å²) in [6.07, 6.45) is -2.56. The van der Waals surface area contributed by atoms with Gasteiger partial charge in [0.25, 0.3) is 5.91 Å². The highest BCUT2D eigenvalue weighted by Crippen LogP contribution is 2.51. The summed E-state index contributed by atoms with van der Waals surface area (Å²) in [4.78, 5) is 34.4. The van der Waals surface area contributed by atoms with Crippen LogP contribution in [0.2, 0.25) is 0 Å². The Balaban J connectivity index is 1.08. The number of piperidine rings is 1. The summed E-state index contributed by atoms with van der Waals surface area (Å²) in [5.74, 6) is -1.64.